The predicted molar refractivity (Wildman–Crippen MR) is 232 cm³/mol. The molecule has 256 valence electrons. The summed E-state index contributed by atoms with van der Waals surface area (Å²) in [7, 11) is 0. The summed E-state index contributed by atoms with van der Waals surface area (Å²) in [6.45, 7) is 4.31. The second-order valence-corrected chi connectivity index (χ2v) is 15.3. The van der Waals surface area contributed by atoms with E-state index >= 15 is 0 Å². The van der Waals surface area contributed by atoms with Gasteiger partial charge in [-0.3, -0.25) is 5.41 Å². The van der Waals surface area contributed by atoms with E-state index in [1.54, 1.807) is 0 Å². The van der Waals surface area contributed by atoms with Crippen LogP contribution in [0.15, 0.2) is 173 Å². The number of aliphatic imine (C=N–C) groups is 2. The molecule has 0 radical (unpaired) electrons. The van der Waals surface area contributed by atoms with Crippen LogP contribution in [0.3, 0.4) is 0 Å². The van der Waals surface area contributed by atoms with Crippen LogP contribution in [0.4, 0.5) is 0 Å². The Hall–Kier alpha value is -6.49. The van der Waals surface area contributed by atoms with E-state index in [9.17, 15) is 5.41 Å². The second-order valence-electron chi connectivity index (χ2n) is 14.2. The molecule has 3 nitrogen and oxygen atoms in total. The lowest BCUT2D eigenvalue weighted by molar-refractivity contribution is 1.25. The first-order valence-electron chi connectivity index (χ1n) is 18.4. The molecule has 2 heterocycles. The van der Waals surface area contributed by atoms with Crippen LogP contribution in [-0.4, -0.2) is 17.3 Å². The second kappa shape index (κ2) is 12.9. The molecule has 0 spiro atoms. The van der Waals surface area contributed by atoms with Crippen molar-refractivity contribution < 1.29 is 0 Å². The molecule has 0 aliphatic carbocycles. The maximum atomic E-state index is 9.56. The molecule has 1 N–H and O–H groups in total. The van der Waals surface area contributed by atoms with Crippen LogP contribution in [-0.2, 0) is 0 Å². The van der Waals surface area contributed by atoms with Crippen molar-refractivity contribution in [3.8, 4) is 0 Å². The molecule has 0 saturated carbocycles. The van der Waals surface area contributed by atoms with Gasteiger partial charge in [-0.25, -0.2) is 9.98 Å². The predicted octanol–water partition coefficient (Wildman–Crippen LogP) is 13.3. The third kappa shape index (κ3) is 5.38. The summed E-state index contributed by atoms with van der Waals surface area (Å²) in [6.07, 6.45) is 0.680. The zero-order valence-electron chi connectivity index (χ0n) is 30.0. The number of aryl methyl sites for hydroxylation is 1. The van der Waals surface area contributed by atoms with Crippen LogP contribution in [0.5, 0.6) is 0 Å². The van der Waals surface area contributed by atoms with Crippen molar-refractivity contribution in [2.75, 3.05) is 0 Å². The number of benzene rings is 8. The van der Waals surface area contributed by atoms with E-state index in [1.165, 1.54) is 47.3 Å². The molecule has 0 atom stereocenters. The zero-order valence-corrected chi connectivity index (χ0v) is 30.8. The van der Waals surface area contributed by atoms with Crippen molar-refractivity contribution >= 4 is 86.8 Å². The zero-order chi connectivity index (χ0) is 36.3. The molecule has 1 aromatic heterocycles. The number of nitrogens with zero attached hydrogens (tertiary/aromatic N) is 2. The van der Waals surface area contributed by atoms with Gasteiger partial charge in [-0.1, -0.05) is 146 Å². The third-order valence-electron chi connectivity index (χ3n) is 10.8. The van der Waals surface area contributed by atoms with Gasteiger partial charge in [0.25, 0.3) is 0 Å². The molecule has 10 rings (SSSR count). The molecule has 0 amide bonds. The largest absolute Gasteiger partial charge is 0.300 e. The van der Waals surface area contributed by atoms with Gasteiger partial charge < -0.3 is 0 Å². The molecule has 0 unspecified atom stereocenters. The first-order chi connectivity index (χ1) is 26.5. The quantitative estimate of drug-likeness (QED) is 0.137. The van der Waals surface area contributed by atoms with Gasteiger partial charge in [0.15, 0.2) is 5.84 Å². The van der Waals surface area contributed by atoms with Gasteiger partial charge in [-0.2, -0.15) is 0 Å². The van der Waals surface area contributed by atoms with Gasteiger partial charge in [0.2, 0.25) is 0 Å². The smallest absolute Gasteiger partial charge is 0.160 e. The van der Waals surface area contributed by atoms with E-state index < -0.39 is 0 Å². The van der Waals surface area contributed by atoms with Crippen LogP contribution in [0.25, 0.3) is 58.2 Å². The molecule has 1 aliphatic heterocycles. The number of fused-ring (bicyclic) bond motifs is 7. The molecular formula is C50H35N3S. The van der Waals surface area contributed by atoms with Gasteiger partial charge in [0.05, 0.1) is 17.1 Å². The van der Waals surface area contributed by atoms with Crippen LogP contribution >= 0.6 is 11.3 Å². The Labute approximate surface area is 317 Å². The summed E-state index contributed by atoms with van der Waals surface area (Å²) < 4.78 is 2.52. The molecule has 9 aromatic rings. The summed E-state index contributed by atoms with van der Waals surface area (Å²) >= 11 is 1.83. The Morgan fingerprint density at radius 3 is 2.09 bits per heavy atom. The highest BCUT2D eigenvalue weighted by Gasteiger charge is 2.21. The standard InChI is InChI=1S/C50H35N3S/c1-30-18-19-34-22-21-33-11-5-6-13-39(33)46(34)45(30)47(51)35-23-25-36(26-24-35)50-52-43(38-27-20-32-10-3-4-12-37(32)29-38)28-31(2)48(53-50)42-16-9-15-41-40-14-7-8-17-44(40)54-49(41)42/h3-27,29,51H,28H2,1-2H3. The molecule has 54 heavy (non-hydrogen) atoms. The molecular weight excluding hydrogens is 675 g/mol. The van der Waals surface area contributed by atoms with Gasteiger partial charge in [-0.15, -0.1) is 11.3 Å². The van der Waals surface area contributed by atoms with E-state index in [-0.39, 0.29) is 0 Å². The van der Waals surface area contributed by atoms with Crippen molar-refractivity contribution in [3.05, 3.63) is 197 Å². The molecule has 0 fully saturated rings. The fraction of sp³-hybridized carbons (Fsp3) is 0.0600. The van der Waals surface area contributed by atoms with Crippen molar-refractivity contribution in [1.29, 1.82) is 5.41 Å². The number of nitrogens with one attached hydrogen (secondary N) is 1. The van der Waals surface area contributed by atoms with Crippen molar-refractivity contribution in [3.63, 3.8) is 0 Å². The number of thiophene rings is 1. The Morgan fingerprint density at radius 2 is 1.24 bits per heavy atom. The molecule has 4 heteroatoms. The van der Waals surface area contributed by atoms with Crippen LogP contribution in [0.2, 0.25) is 0 Å². The van der Waals surface area contributed by atoms with E-state index in [0.29, 0.717) is 18.0 Å². The van der Waals surface area contributed by atoms with E-state index in [4.69, 9.17) is 9.98 Å². The normalized spacial score (nSPS) is 13.5. The Kier molecular flexibility index (Phi) is 7.67. The van der Waals surface area contributed by atoms with Crippen LogP contribution < -0.4 is 0 Å². The number of hydrogen-bond acceptors (Lipinski definition) is 4. The third-order valence-corrected chi connectivity index (χ3v) is 12.1. The minimum atomic E-state index is 0.511. The molecule has 0 bridgehead atoms. The Balaban J connectivity index is 1.11. The number of rotatable bonds is 5. The van der Waals surface area contributed by atoms with Crippen LogP contribution in [0.1, 0.15) is 46.7 Å². The highest BCUT2D eigenvalue weighted by atomic mass is 32.1. The van der Waals surface area contributed by atoms with Gasteiger partial charge in [-0.05, 0) is 75.0 Å². The summed E-state index contributed by atoms with van der Waals surface area (Å²) in [5, 5.41) is 19.1. The van der Waals surface area contributed by atoms with Crippen molar-refractivity contribution in [1.82, 2.24) is 0 Å². The number of allylic oxidation sites excluding steroid dienone is 1. The highest BCUT2D eigenvalue weighted by Crippen LogP contribution is 2.40. The Bertz CT molecular complexity index is 3100. The van der Waals surface area contributed by atoms with Crippen LogP contribution in [0, 0.1) is 12.3 Å². The minimum Gasteiger partial charge on any atom is -0.300 e. The molecule has 8 aromatic carbocycles. The lowest BCUT2D eigenvalue weighted by Gasteiger charge is -2.15. The van der Waals surface area contributed by atoms with Gasteiger partial charge in [0, 0.05) is 48.8 Å². The van der Waals surface area contributed by atoms with Gasteiger partial charge >= 0.3 is 0 Å². The average Bonchev–Trinajstić information content (AvgIpc) is 3.51. The molecule has 1 aliphatic rings. The van der Waals surface area contributed by atoms with Crippen molar-refractivity contribution in [2.24, 2.45) is 9.98 Å². The maximum absolute atomic E-state index is 9.56. The topological polar surface area (TPSA) is 48.6 Å². The summed E-state index contributed by atoms with van der Waals surface area (Å²) in [5.74, 6) is 0.675. The fourth-order valence-electron chi connectivity index (χ4n) is 8.07. The van der Waals surface area contributed by atoms with E-state index in [1.807, 2.05) is 11.3 Å². The van der Waals surface area contributed by atoms with E-state index in [0.717, 1.165) is 55.6 Å². The fourth-order valence-corrected chi connectivity index (χ4v) is 9.29. The lowest BCUT2D eigenvalue weighted by atomic mass is 9.89. The first-order valence-corrected chi connectivity index (χ1v) is 19.2. The highest BCUT2D eigenvalue weighted by molar-refractivity contribution is 7.26. The number of hydrogen-bond donors (Lipinski definition) is 1. The maximum Gasteiger partial charge on any atom is 0.160 e. The minimum absolute atomic E-state index is 0.511. The van der Waals surface area contributed by atoms with Crippen molar-refractivity contribution in [2.45, 2.75) is 20.3 Å². The Morgan fingerprint density at radius 1 is 0.574 bits per heavy atom. The monoisotopic (exact) mass is 709 g/mol. The SMILES string of the molecule is CC1=C(c2cccc3c2sc2ccccc23)N=C(c2ccc(C(=N)c3c(C)ccc4ccc5ccccc5c34)cc2)N=C(c2ccc3ccccc3c2)C1. The van der Waals surface area contributed by atoms with E-state index in [2.05, 4.69) is 172 Å². The number of amidine groups is 1. The summed E-state index contributed by atoms with van der Waals surface area (Å²) in [4.78, 5) is 10.8. The first kappa shape index (κ1) is 32.2. The summed E-state index contributed by atoms with van der Waals surface area (Å²) in [6, 6.07) is 55.7. The summed E-state index contributed by atoms with van der Waals surface area (Å²) in [5.41, 5.74) is 9.72. The molecule has 0 saturated heterocycles. The van der Waals surface area contributed by atoms with Gasteiger partial charge in [0.1, 0.15) is 0 Å². The average molecular weight is 710 g/mol. The lowest BCUT2D eigenvalue weighted by Crippen LogP contribution is -2.08.